The molecule has 1 aromatic carbocycles. The second kappa shape index (κ2) is 6.26. The topological polar surface area (TPSA) is 41.7 Å². The van der Waals surface area contributed by atoms with Crippen LogP contribution in [-0.2, 0) is 4.74 Å². The Hall–Kier alpha value is -1.26. The molecule has 19 heavy (non-hydrogen) atoms. The smallest absolute Gasteiger partial charge is 0.0766 e. The average Bonchev–Trinajstić information content (AvgIpc) is 2.38. The average molecular weight is 263 g/mol. The van der Waals surface area contributed by atoms with Crippen molar-refractivity contribution in [1.29, 1.82) is 0 Å². The summed E-state index contributed by atoms with van der Waals surface area (Å²) in [6.07, 6.45) is 1.44. The van der Waals surface area contributed by atoms with Crippen LogP contribution in [0, 0.1) is 0 Å². The molecule has 4 nitrogen and oxygen atoms in total. The van der Waals surface area contributed by atoms with Crippen molar-refractivity contribution in [2.75, 3.05) is 43.5 Å². The summed E-state index contributed by atoms with van der Waals surface area (Å²) in [6.45, 7) is 4.69. The van der Waals surface area contributed by atoms with Gasteiger partial charge in [0.25, 0.3) is 0 Å². The molecule has 0 radical (unpaired) electrons. The zero-order chi connectivity index (χ0) is 13.8. The molecular formula is C15H25N3O. The molecule has 2 rings (SSSR count). The van der Waals surface area contributed by atoms with Crippen molar-refractivity contribution in [1.82, 2.24) is 0 Å². The Morgan fingerprint density at radius 2 is 1.95 bits per heavy atom. The standard InChI is InChI=1S/C15H25N3O/c1-12-10-18(11-15(19-12)8-9-16)14-6-4-13(5-7-14)17(2)3/h4-7,12,15H,8-11,16H2,1-3H3. The van der Waals surface area contributed by atoms with Gasteiger partial charge in [-0.05, 0) is 44.2 Å². The van der Waals surface area contributed by atoms with E-state index < -0.39 is 0 Å². The van der Waals surface area contributed by atoms with Crippen molar-refractivity contribution >= 4 is 11.4 Å². The van der Waals surface area contributed by atoms with E-state index in [-0.39, 0.29) is 12.2 Å². The lowest BCUT2D eigenvalue weighted by atomic mass is 10.1. The Morgan fingerprint density at radius 3 is 2.53 bits per heavy atom. The number of benzene rings is 1. The molecule has 106 valence electrons. The lowest BCUT2D eigenvalue weighted by Crippen LogP contribution is -2.47. The Labute approximate surface area is 116 Å². The third kappa shape index (κ3) is 3.61. The van der Waals surface area contributed by atoms with Crippen LogP contribution < -0.4 is 15.5 Å². The molecule has 1 aromatic rings. The number of hydrogen-bond acceptors (Lipinski definition) is 4. The van der Waals surface area contributed by atoms with Crippen molar-refractivity contribution in [2.24, 2.45) is 5.73 Å². The lowest BCUT2D eigenvalue weighted by Gasteiger charge is -2.38. The van der Waals surface area contributed by atoms with Crippen LogP contribution in [-0.4, -0.2) is 45.9 Å². The first-order valence-electron chi connectivity index (χ1n) is 6.98. The maximum absolute atomic E-state index is 5.91. The van der Waals surface area contributed by atoms with Gasteiger partial charge in [-0.3, -0.25) is 0 Å². The van der Waals surface area contributed by atoms with Crippen LogP contribution in [0.2, 0.25) is 0 Å². The fraction of sp³-hybridized carbons (Fsp3) is 0.600. The molecule has 0 aromatic heterocycles. The van der Waals surface area contributed by atoms with Crippen molar-refractivity contribution in [2.45, 2.75) is 25.6 Å². The molecule has 1 saturated heterocycles. The van der Waals surface area contributed by atoms with Gasteiger partial charge in [0, 0.05) is 38.6 Å². The fourth-order valence-corrected chi connectivity index (χ4v) is 2.56. The summed E-state index contributed by atoms with van der Waals surface area (Å²) in [4.78, 5) is 4.51. The van der Waals surface area contributed by atoms with Crippen molar-refractivity contribution in [3.8, 4) is 0 Å². The van der Waals surface area contributed by atoms with E-state index in [1.807, 2.05) is 0 Å². The lowest BCUT2D eigenvalue weighted by molar-refractivity contribution is -0.0183. The highest BCUT2D eigenvalue weighted by molar-refractivity contribution is 5.56. The highest BCUT2D eigenvalue weighted by atomic mass is 16.5. The molecule has 1 heterocycles. The van der Waals surface area contributed by atoms with Gasteiger partial charge in [-0.2, -0.15) is 0 Å². The quantitative estimate of drug-likeness (QED) is 0.897. The highest BCUT2D eigenvalue weighted by Gasteiger charge is 2.24. The number of nitrogens with two attached hydrogens (primary N) is 1. The predicted molar refractivity (Wildman–Crippen MR) is 81.0 cm³/mol. The van der Waals surface area contributed by atoms with Crippen LogP contribution in [0.4, 0.5) is 11.4 Å². The van der Waals surface area contributed by atoms with E-state index in [0.717, 1.165) is 19.5 Å². The zero-order valence-corrected chi connectivity index (χ0v) is 12.2. The van der Waals surface area contributed by atoms with E-state index in [9.17, 15) is 0 Å². The zero-order valence-electron chi connectivity index (χ0n) is 12.2. The Balaban J connectivity index is 2.07. The van der Waals surface area contributed by atoms with Gasteiger partial charge in [0.1, 0.15) is 0 Å². The number of rotatable bonds is 4. The van der Waals surface area contributed by atoms with Crippen LogP contribution in [0.15, 0.2) is 24.3 Å². The number of anilines is 2. The van der Waals surface area contributed by atoms with Gasteiger partial charge >= 0.3 is 0 Å². The van der Waals surface area contributed by atoms with E-state index in [1.165, 1.54) is 11.4 Å². The largest absolute Gasteiger partial charge is 0.378 e. The molecule has 1 aliphatic rings. The summed E-state index contributed by atoms with van der Waals surface area (Å²) in [5, 5.41) is 0. The normalized spacial score (nSPS) is 23.5. The highest BCUT2D eigenvalue weighted by Crippen LogP contribution is 2.23. The first-order valence-corrected chi connectivity index (χ1v) is 6.98. The van der Waals surface area contributed by atoms with E-state index >= 15 is 0 Å². The SMILES string of the molecule is CC1CN(c2ccc(N(C)C)cc2)CC(CCN)O1. The molecular weight excluding hydrogens is 238 g/mol. The van der Waals surface area contributed by atoms with Gasteiger partial charge in [0.15, 0.2) is 0 Å². The number of hydrogen-bond donors (Lipinski definition) is 1. The summed E-state index contributed by atoms with van der Waals surface area (Å²) < 4.78 is 5.91. The molecule has 0 amide bonds. The van der Waals surface area contributed by atoms with Crippen LogP contribution in [0.3, 0.4) is 0 Å². The van der Waals surface area contributed by atoms with Gasteiger partial charge in [-0.1, -0.05) is 0 Å². The van der Waals surface area contributed by atoms with Crippen LogP contribution in [0.5, 0.6) is 0 Å². The minimum atomic E-state index is 0.252. The molecule has 0 bridgehead atoms. The minimum Gasteiger partial charge on any atom is -0.378 e. The minimum absolute atomic E-state index is 0.252. The summed E-state index contributed by atoms with van der Waals surface area (Å²) >= 11 is 0. The summed E-state index contributed by atoms with van der Waals surface area (Å²) in [5.41, 5.74) is 8.13. The number of ether oxygens (including phenoxy) is 1. The van der Waals surface area contributed by atoms with Crippen molar-refractivity contribution < 1.29 is 4.74 Å². The van der Waals surface area contributed by atoms with Gasteiger partial charge in [0.05, 0.1) is 12.2 Å². The second-order valence-electron chi connectivity index (χ2n) is 5.46. The van der Waals surface area contributed by atoms with Gasteiger partial charge in [0.2, 0.25) is 0 Å². The third-order valence-corrected chi connectivity index (χ3v) is 3.55. The molecule has 4 heteroatoms. The van der Waals surface area contributed by atoms with Crippen LogP contribution in [0.25, 0.3) is 0 Å². The Kier molecular flexibility index (Phi) is 4.66. The maximum Gasteiger partial charge on any atom is 0.0766 e. The third-order valence-electron chi connectivity index (χ3n) is 3.55. The first kappa shape index (κ1) is 14.2. The molecule has 0 saturated carbocycles. The predicted octanol–water partition coefficient (Wildman–Crippen LogP) is 1.70. The van der Waals surface area contributed by atoms with Crippen LogP contribution in [0.1, 0.15) is 13.3 Å². The molecule has 0 spiro atoms. The van der Waals surface area contributed by atoms with Crippen molar-refractivity contribution in [3.63, 3.8) is 0 Å². The molecule has 2 N–H and O–H groups in total. The number of nitrogens with zero attached hydrogens (tertiary/aromatic N) is 2. The van der Waals surface area contributed by atoms with E-state index in [4.69, 9.17) is 10.5 Å². The monoisotopic (exact) mass is 263 g/mol. The Bertz CT molecular complexity index is 391. The second-order valence-corrected chi connectivity index (χ2v) is 5.46. The number of morpholine rings is 1. The summed E-state index contributed by atoms with van der Waals surface area (Å²) in [6, 6.07) is 8.70. The van der Waals surface area contributed by atoms with Gasteiger partial charge < -0.3 is 20.3 Å². The summed E-state index contributed by atoms with van der Waals surface area (Å²) in [5.74, 6) is 0. The van der Waals surface area contributed by atoms with Crippen molar-refractivity contribution in [3.05, 3.63) is 24.3 Å². The van der Waals surface area contributed by atoms with E-state index in [0.29, 0.717) is 6.54 Å². The van der Waals surface area contributed by atoms with Gasteiger partial charge in [-0.15, -0.1) is 0 Å². The first-order chi connectivity index (χ1) is 9.10. The Morgan fingerprint density at radius 1 is 1.26 bits per heavy atom. The molecule has 2 unspecified atom stereocenters. The molecule has 1 aliphatic heterocycles. The molecule has 2 atom stereocenters. The maximum atomic E-state index is 5.91. The van der Waals surface area contributed by atoms with Gasteiger partial charge in [-0.25, -0.2) is 0 Å². The van der Waals surface area contributed by atoms with E-state index in [1.54, 1.807) is 0 Å². The van der Waals surface area contributed by atoms with E-state index in [2.05, 4.69) is 55.1 Å². The molecule has 0 aliphatic carbocycles. The summed E-state index contributed by atoms with van der Waals surface area (Å²) in [7, 11) is 4.12. The fourth-order valence-electron chi connectivity index (χ4n) is 2.56. The van der Waals surface area contributed by atoms with Crippen LogP contribution >= 0.6 is 0 Å². The molecule has 1 fully saturated rings.